The predicted octanol–water partition coefficient (Wildman–Crippen LogP) is 3.71. The third-order valence-corrected chi connectivity index (χ3v) is 3.63. The summed E-state index contributed by atoms with van der Waals surface area (Å²) in [5.41, 5.74) is 7.06. The number of hydrogen-bond donors (Lipinski definition) is 3. The molecule has 0 heterocycles. The second-order valence-electron chi connectivity index (χ2n) is 4.72. The lowest BCUT2D eigenvalue weighted by molar-refractivity contribution is 0.100. The summed E-state index contributed by atoms with van der Waals surface area (Å²) >= 11 is 6.15. The molecule has 110 valence electrons. The van der Waals surface area contributed by atoms with Crippen LogP contribution in [0.2, 0.25) is 5.02 Å². The number of primary amides is 1. The number of para-hydroxylation sites is 1. The van der Waals surface area contributed by atoms with Crippen LogP contribution in [-0.2, 0) is 0 Å². The van der Waals surface area contributed by atoms with Crippen LogP contribution in [0.1, 0.15) is 35.3 Å². The minimum Gasteiger partial charge on any atom is -0.508 e. The first kappa shape index (κ1) is 15.2. The molecule has 5 heteroatoms. The van der Waals surface area contributed by atoms with Gasteiger partial charge in [-0.3, -0.25) is 4.79 Å². The van der Waals surface area contributed by atoms with Gasteiger partial charge in [0.05, 0.1) is 16.8 Å². The maximum atomic E-state index is 11.3. The third kappa shape index (κ3) is 3.47. The van der Waals surface area contributed by atoms with Crippen molar-refractivity contribution in [1.29, 1.82) is 0 Å². The van der Waals surface area contributed by atoms with E-state index in [1.165, 1.54) is 0 Å². The van der Waals surface area contributed by atoms with Crippen LogP contribution in [0.4, 0.5) is 5.69 Å². The van der Waals surface area contributed by atoms with Gasteiger partial charge in [-0.05, 0) is 30.7 Å². The van der Waals surface area contributed by atoms with Gasteiger partial charge >= 0.3 is 0 Å². The molecule has 2 rings (SSSR count). The number of aromatic hydroxyl groups is 1. The summed E-state index contributed by atoms with van der Waals surface area (Å²) in [7, 11) is 0. The zero-order valence-electron chi connectivity index (χ0n) is 11.6. The maximum absolute atomic E-state index is 11.3. The van der Waals surface area contributed by atoms with Gasteiger partial charge in [-0.2, -0.15) is 0 Å². The molecule has 1 amide bonds. The maximum Gasteiger partial charge on any atom is 0.248 e. The van der Waals surface area contributed by atoms with Crippen molar-refractivity contribution in [2.24, 2.45) is 5.73 Å². The van der Waals surface area contributed by atoms with Crippen LogP contribution < -0.4 is 11.1 Å². The quantitative estimate of drug-likeness (QED) is 0.788. The van der Waals surface area contributed by atoms with Crippen LogP contribution >= 0.6 is 11.6 Å². The number of amides is 1. The number of anilines is 1. The summed E-state index contributed by atoms with van der Waals surface area (Å²) in [6.07, 6.45) is 0.745. The normalized spacial score (nSPS) is 11.9. The first-order chi connectivity index (χ1) is 10.0. The van der Waals surface area contributed by atoms with Crippen molar-refractivity contribution in [3.8, 4) is 5.75 Å². The van der Waals surface area contributed by atoms with Gasteiger partial charge in [-0.25, -0.2) is 0 Å². The minimum absolute atomic E-state index is 0.119. The van der Waals surface area contributed by atoms with E-state index < -0.39 is 5.91 Å². The lowest BCUT2D eigenvalue weighted by Gasteiger charge is -2.21. The molecule has 0 radical (unpaired) electrons. The molecular weight excluding hydrogens is 288 g/mol. The first-order valence-corrected chi connectivity index (χ1v) is 7.04. The fourth-order valence-electron chi connectivity index (χ4n) is 2.16. The highest BCUT2D eigenvalue weighted by molar-refractivity contribution is 6.33. The Labute approximate surface area is 128 Å². The number of carbonyl (C=O) groups excluding carboxylic acids is 1. The van der Waals surface area contributed by atoms with Crippen molar-refractivity contribution >= 4 is 23.2 Å². The van der Waals surface area contributed by atoms with Gasteiger partial charge in [0.2, 0.25) is 5.91 Å². The molecule has 2 aromatic rings. The molecule has 0 fully saturated rings. The van der Waals surface area contributed by atoms with E-state index in [9.17, 15) is 9.90 Å². The van der Waals surface area contributed by atoms with E-state index in [0.29, 0.717) is 16.3 Å². The number of phenolic OH excluding ortho intramolecular Hbond substituents is 1. The van der Waals surface area contributed by atoms with Crippen molar-refractivity contribution in [2.45, 2.75) is 19.4 Å². The van der Waals surface area contributed by atoms with Crippen molar-refractivity contribution in [1.82, 2.24) is 0 Å². The summed E-state index contributed by atoms with van der Waals surface area (Å²) in [5.74, 6) is -0.288. The molecule has 0 bridgehead atoms. The Hall–Kier alpha value is -2.20. The number of nitrogens with one attached hydrogen (secondary N) is 1. The molecule has 0 saturated heterocycles. The number of hydrogen-bond acceptors (Lipinski definition) is 3. The van der Waals surface area contributed by atoms with Crippen molar-refractivity contribution < 1.29 is 9.90 Å². The molecule has 4 N–H and O–H groups in total. The van der Waals surface area contributed by atoms with Crippen LogP contribution in [0.3, 0.4) is 0 Å². The fourth-order valence-corrected chi connectivity index (χ4v) is 2.33. The zero-order valence-corrected chi connectivity index (χ0v) is 12.4. The number of rotatable bonds is 5. The standard InChI is InChI=1S/C16H17ClN2O2/c1-2-13(11-5-3-4-6-15(11)20)19-14-9-10(16(18)21)7-8-12(14)17/h3-9,13,19-20H,2H2,1H3,(H2,18,21). The minimum atomic E-state index is -0.509. The second kappa shape index (κ2) is 6.50. The third-order valence-electron chi connectivity index (χ3n) is 3.30. The Morgan fingerprint density at radius 2 is 2.05 bits per heavy atom. The first-order valence-electron chi connectivity index (χ1n) is 6.66. The van der Waals surface area contributed by atoms with Gasteiger partial charge in [0, 0.05) is 11.1 Å². The Kier molecular flexibility index (Phi) is 4.70. The molecule has 1 unspecified atom stereocenters. The molecular formula is C16H17ClN2O2. The SMILES string of the molecule is CCC(Nc1cc(C(N)=O)ccc1Cl)c1ccccc1O. The largest absolute Gasteiger partial charge is 0.508 e. The summed E-state index contributed by atoms with van der Waals surface area (Å²) in [5, 5.41) is 13.7. The van der Waals surface area contributed by atoms with Gasteiger partial charge in [0.25, 0.3) is 0 Å². The molecule has 0 saturated carbocycles. The monoisotopic (exact) mass is 304 g/mol. The van der Waals surface area contributed by atoms with Gasteiger partial charge in [-0.15, -0.1) is 0 Å². The lowest BCUT2D eigenvalue weighted by Crippen LogP contribution is -2.13. The Bertz CT molecular complexity index is 658. The molecule has 2 aromatic carbocycles. The van der Waals surface area contributed by atoms with E-state index in [-0.39, 0.29) is 11.8 Å². The van der Waals surface area contributed by atoms with E-state index in [0.717, 1.165) is 12.0 Å². The van der Waals surface area contributed by atoms with Gasteiger partial charge in [0.1, 0.15) is 5.75 Å². The average Bonchev–Trinajstić information content (AvgIpc) is 2.47. The predicted molar refractivity (Wildman–Crippen MR) is 84.7 cm³/mol. The number of nitrogens with two attached hydrogens (primary N) is 1. The highest BCUT2D eigenvalue weighted by Gasteiger charge is 2.15. The Morgan fingerprint density at radius 3 is 2.67 bits per heavy atom. The second-order valence-corrected chi connectivity index (χ2v) is 5.13. The van der Waals surface area contributed by atoms with Gasteiger partial charge < -0.3 is 16.2 Å². The zero-order chi connectivity index (χ0) is 15.4. The highest BCUT2D eigenvalue weighted by atomic mass is 35.5. The van der Waals surface area contributed by atoms with E-state index in [2.05, 4.69) is 5.32 Å². The summed E-state index contributed by atoms with van der Waals surface area (Å²) in [6.45, 7) is 2.00. The molecule has 4 nitrogen and oxygen atoms in total. The molecule has 0 spiro atoms. The van der Waals surface area contributed by atoms with Crippen molar-refractivity contribution in [2.75, 3.05) is 5.32 Å². The Morgan fingerprint density at radius 1 is 1.33 bits per heavy atom. The molecule has 0 aliphatic heterocycles. The molecule has 0 aliphatic carbocycles. The molecule has 1 atom stereocenters. The van der Waals surface area contributed by atoms with Crippen LogP contribution in [0.15, 0.2) is 42.5 Å². The average molecular weight is 305 g/mol. The van der Waals surface area contributed by atoms with Crippen LogP contribution in [0, 0.1) is 0 Å². The van der Waals surface area contributed by atoms with Crippen molar-refractivity contribution in [3.63, 3.8) is 0 Å². The summed E-state index contributed by atoms with van der Waals surface area (Å²) in [6, 6.07) is 11.8. The number of phenols is 1. The smallest absolute Gasteiger partial charge is 0.248 e. The van der Waals surface area contributed by atoms with Gasteiger partial charge in [-0.1, -0.05) is 36.7 Å². The van der Waals surface area contributed by atoms with E-state index in [1.807, 2.05) is 19.1 Å². The van der Waals surface area contributed by atoms with Crippen molar-refractivity contribution in [3.05, 3.63) is 58.6 Å². The topological polar surface area (TPSA) is 75.3 Å². The number of halogens is 1. The molecule has 0 aromatic heterocycles. The Balaban J connectivity index is 2.33. The van der Waals surface area contributed by atoms with Crippen LogP contribution in [0.5, 0.6) is 5.75 Å². The summed E-state index contributed by atoms with van der Waals surface area (Å²) < 4.78 is 0. The molecule has 21 heavy (non-hydrogen) atoms. The summed E-state index contributed by atoms with van der Waals surface area (Å²) in [4.78, 5) is 11.3. The van der Waals surface area contributed by atoms with Crippen LogP contribution in [0.25, 0.3) is 0 Å². The van der Waals surface area contributed by atoms with E-state index in [1.54, 1.807) is 30.3 Å². The number of carbonyl (C=O) groups is 1. The van der Waals surface area contributed by atoms with E-state index >= 15 is 0 Å². The van der Waals surface area contributed by atoms with Crippen LogP contribution in [-0.4, -0.2) is 11.0 Å². The van der Waals surface area contributed by atoms with Gasteiger partial charge in [0.15, 0.2) is 0 Å². The van der Waals surface area contributed by atoms with E-state index in [4.69, 9.17) is 17.3 Å². The fraction of sp³-hybridized carbons (Fsp3) is 0.188. The molecule has 0 aliphatic rings. The lowest BCUT2D eigenvalue weighted by atomic mass is 10.0. The number of benzene rings is 2. The highest BCUT2D eigenvalue weighted by Crippen LogP contribution is 2.32.